The van der Waals surface area contributed by atoms with Gasteiger partial charge < -0.3 is 9.64 Å². The molecule has 4 nitrogen and oxygen atoms in total. The molecule has 1 aromatic heterocycles. The van der Waals surface area contributed by atoms with Gasteiger partial charge in [-0.2, -0.15) is 11.8 Å². The lowest BCUT2D eigenvalue weighted by Crippen LogP contribution is -2.40. The zero-order valence-electron chi connectivity index (χ0n) is 12.6. The first-order chi connectivity index (χ1) is 9.85. The molecule has 1 amide bonds. The van der Waals surface area contributed by atoms with Crippen molar-refractivity contribution in [3.63, 3.8) is 0 Å². The second-order valence-corrected chi connectivity index (χ2v) is 8.79. The van der Waals surface area contributed by atoms with Crippen LogP contribution in [0.4, 0.5) is 4.79 Å². The van der Waals surface area contributed by atoms with Crippen LogP contribution in [0.1, 0.15) is 38.5 Å². The summed E-state index contributed by atoms with van der Waals surface area (Å²) in [5.41, 5.74) is -0.434. The van der Waals surface area contributed by atoms with Crippen molar-refractivity contribution in [2.24, 2.45) is 0 Å². The van der Waals surface area contributed by atoms with Gasteiger partial charge in [-0.1, -0.05) is 11.6 Å². The highest BCUT2D eigenvalue weighted by molar-refractivity contribution is 7.98. The minimum Gasteiger partial charge on any atom is -0.444 e. The first kappa shape index (κ1) is 16.9. The Morgan fingerprint density at radius 2 is 2.38 bits per heavy atom. The fraction of sp³-hybridized carbons (Fsp3) is 0.714. The number of rotatable bonds is 4. The third-order valence-electron chi connectivity index (χ3n) is 3.09. The summed E-state index contributed by atoms with van der Waals surface area (Å²) in [5.74, 6) is 1.82. The maximum absolute atomic E-state index is 12.2. The van der Waals surface area contributed by atoms with Crippen LogP contribution >= 0.6 is 34.7 Å². The number of amides is 1. The smallest absolute Gasteiger partial charge is 0.410 e. The van der Waals surface area contributed by atoms with Gasteiger partial charge in [0.05, 0.1) is 0 Å². The first-order valence-electron chi connectivity index (χ1n) is 7.03. The Balaban J connectivity index is 1.80. The molecule has 0 aliphatic carbocycles. The van der Waals surface area contributed by atoms with E-state index in [-0.39, 0.29) is 12.1 Å². The summed E-state index contributed by atoms with van der Waals surface area (Å²) in [6.07, 6.45) is 3.73. The molecule has 21 heavy (non-hydrogen) atoms. The number of ether oxygens (including phenoxy) is 1. The summed E-state index contributed by atoms with van der Waals surface area (Å²) < 4.78 is 6.06. The van der Waals surface area contributed by atoms with Crippen molar-refractivity contribution < 1.29 is 9.53 Å². The summed E-state index contributed by atoms with van der Waals surface area (Å²) >= 11 is 9.15. The predicted molar refractivity (Wildman–Crippen MR) is 89.2 cm³/mol. The van der Waals surface area contributed by atoms with Gasteiger partial charge in [0.1, 0.15) is 5.60 Å². The second kappa shape index (κ2) is 7.20. The Labute approximate surface area is 139 Å². The van der Waals surface area contributed by atoms with Crippen molar-refractivity contribution in [3.05, 3.63) is 15.5 Å². The highest BCUT2D eigenvalue weighted by Crippen LogP contribution is 2.27. The summed E-state index contributed by atoms with van der Waals surface area (Å²) in [6, 6.07) is 0.272. The monoisotopic (exact) mass is 348 g/mol. The minimum atomic E-state index is -0.434. The Hall–Kier alpha value is -0.460. The number of carbonyl (C=O) groups is 1. The molecule has 1 fully saturated rings. The van der Waals surface area contributed by atoms with Gasteiger partial charge in [0.25, 0.3) is 0 Å². The molecule has 0 spiro atoms. The molecule has 0 saturated carbocycles. The van der Waals surface area contributed by atoms with Crippen molar-refractivity contribution in [1.29, 1.82) is 0 Å². The number of hydrogen-bond acceptors (Lipinski definition) is 5. The van der Waals surface area contributed by atoms with E-state index >= 15 is 0 Å². The third-order valence-corrected chi connectivity index (χ3v) is 5.52. The van der Waals surface area contributed by atoms with Gasteiger partial charge in [-0.3, -0.25) is 0 Å². The van der Waals surface area contributed by atoms with Crippen LogP contribution < -0.4 is 0 Å². The molecule has 1 atom stereocenters. The molecule has 7 heteroatoms. The lowest BCUT2D eigenvalue weighted by molar-refractivity contribution is 0.0242. The standard InChI is InChI=1S/C14H21ClN2O2S2/c1-14(2,3)19-13(18)17-6-4-5-10(17)8-20-9-11-7-16-12(15)21-11/h7,10H,4-6,8-9H2,1-3H3. The largest absolute Gasteiger partial charge is 0.444 e. The SMILES string of the molecule is CC(C)(C)OC(=O)N1CCCC1CSCc1cnc(Cl)s1. The van der Waals surface area contributed by atoms with Gasteiger partial charge in [0, 0.05) is 35.2 Å². The van der Waals surface area contributed by atoms with Crippen LogP contribution in [0.25, 0.3) is 0 Å². The summed E-state index contributed by atoms with van der Waals surface area (Å²) in [6.45, 7) is 6.50. The van der Waals surface area contributed by atoms with E-state index in [0.29, 0.717) is 4.47 Å². The number of likely N-dealkylation sites (tertiary alicyclic amines) is 1. The molecular weight excluding hydrogens is 328 g/mol. The minimum absolute atomic E-state index is 0.188. The second-order valence-electron chi connectivity index (χ2n) is 6.06. The summed E-state index contributed by atoms with van der Waals surface area (Å²) in [7, 11) is 0. The number of hydrogen-bond donors (Lipinski definition) is 0. The van der Waals surface area contributed by atoms with Gasteiger partial charge in [-0.15, -0.1) is 11.3 Å². The van der Waals surface area contributed by atoms with Gasteiger partial charge in [-0.25, -0.2) is 9.78 Å². The van der Waals surface area contributed by atoms with E-state index in [1.807, 2.05) is 43.6 Å². The average molecular weight is 349 g/mol. The number of halogens is 1. The zero-order chi connectivity index (χ0) is 15.5. The van der Waals surface area contributed by atoms with Gasteiger partial charge in [0.2, 0.25) is 0 Å². The number of aromatic nitrogens is 1. The lowest BCUT2D eigenvalue weighted by Gasteiger charge is -2.28. The van der Waals surface area contributed by atoms with Crippen LogP contribution in [0.2, 0.25) is 4.47 Å². The fourth-order valence-electron chi connectivity index (χ4n) is 2.22. The highest BCUT2D eigenvalue weighted by atomic mass is 35.5. The molecule has 1 unspecified atom stereocenters. The maximum Gasteiger partial charge on any atom is 0.410 e. The van der Waals surface area contributed by atoms with Crippen molar-refractivity contribution in [3.8, 4) is 0 Å². The molecule has 118 valence electrons. The molecular formula is C14H21ClN2O2S2. The zero-order valence-corrected chi connectivity index (χ0v) is 15.0. The topological polar surface area (TPSA) is 42.4 Å². The molecule has 2 rings (SSSR count). The lowest BCUT2D eigenvalue weighted by atomic mass is 10.2. The van der Waals surface area contributed by atoms with Gasteiger partial charge in [0.15, 0.2) is 4.47 Å². The molecule has 0 radical (unpaired) electrons. The number of thiazole rings is 1. The first-order valence-corrected chi connectivity index (χ1v) is 9.37. The normalized spacial score (nSPS) is 19.0. The summed E-state index contributed by atoms with van der Waals surface area (Å²) in [4.78, 5) is 19.3. The van der Waals surface area contributed by atoms with Crippen LogP contribution in [0.15, 0.2) is 6.20 Å². The van der Waals surface area contributed by atoms with E-state index in [2.05, 4.69) is 4.98 Å². The van der Waals surface area contributed by atoms with Crippen LogP contribution in [-0.4, -0.2) is 39.9 Å². The van der Waals surface area contributed by atoms with Crippen molar-refractivity contribution in [1.82, 2.24) is 9.88 Å². The van der Waals surface area contributed by atoms with Gasteiger partial charge in [-0.05, 0) is 33.6 Å². The quantitative estimate of drug-likeness (QED) is 0.807. The Morgan fingerprint density at radius 3 is 3.00 bits per heavy atom. The van der Waals surface area contributed by atoms with Crippen molar-refractivity contribution in [2.45, 2.75) is 51.0 Å². The number of thioether (sulfide) groups is 1. The van der Waals surface area contributed by atoms with Crippen LogP contribution in [0.3, 0.4) is 0 Å². The van der Waals surface area contributed by atoms with Crippen molar-refractivity contribution >= 4 is 40.8 Å². The maximum atomic E-state index is 12.2. The molecule has 1 aliphatic rings. The predicted octanol–water partition coefficient (Wildman–Crippen LogP) is 4.43. The molecule has 0 N–H and O–H groups in total. The Bertz CT molecular complexity index is 488. The Morgan fingerprint density at radius 1 is 1.62 bits per heavy atom. The summed E-state index contributed by atoms with van der Waals surface area (Å²) in [5, 5.41) is 0. The molecule has 1 aliphatic heterocycles. The number of carbonyl (C=O) groups excluding carboxylic acids is 1. The highest BCUT2D eigenvalue weighted by Gasteiger charge is 2.31. The number of nitrogens with zero attached hydrogens (tertiary/aromatic N) is 2. The van der Waals surface area contributed by atoms with Crippen LogP contribution in [0.5, 0.6) is 0 Å². The molecule has 1 saturated heterocycles. The van der Waals surface area contributed by atoms with E-state index in [1.54, 1.807) is 0 Å². The molecule has 1 aromatic rings. The van der Waals surface area contributed by atoms with E-state index < -0.39 is 5.60 Å². The average Bonchev–Trinajstić information content (AvgIpc) is 2.96. The third kappa shape index (κ3) is 5.34. The molecule has 2 heterocycles. The van der Waals surface area contributed by atoms with Crippen LogP contribution in [-0.2, 0) is 10.5 Å². The van der Waals surface area contributed by atoms with Crippen LogP contribution in [0, 0.1) is 0 Å². The fourth-order valence-corrected chi connectivity index (χ4v) is 4.49. The van der Waals surface area contributed by atoms with Gasteiger partial charge >= 0.3 is 6.09 Å². The molecule has 0 aromatic carbocycles. The van der Waals surface area contributed by atoms with E-state index in [4.69, 9.17) is 16.3 Å². The van der Waals surface area contributed by atoms with Crippen molar-refractivity contribution in [2.75, 3.05) is 12.3 Å². The van der Waals surface area contributed by atoms with E-state index in [0.717, 1.165) is 30.9 Å². The van der Waals surface area contributed by atoms with E-state index in [1.165, 1.54) is 16.2 Å². The Kier molecular flexibility index (Phi) is 5.80. The van der Waals surface area contributed by atoms with E-state index in [9.17, 15) is 4.79 Å². The molecule has 0 bridgehead atoms.